The highest BCUT2D eigenvalue weighted by Gasteiger charge is 2.17. The Hall–Kier alpha value is -2.69. The van der Waals surface area contributed by atoms with Crippen molar-refractivity contribution >= 4 is 11.6 Å². The maximum atomic E-state index is 11.8. The zero-order valence-electron chi connectivity index (χ0n) is 10.9. The Morgan fingerprint density at radius 3 is 2.70 bits per heavy atom. The average molecular weight is 267 g/mol. The fourth-order valence-electron chi connectivity index (χ4n) is 1.96. The van der Waals surface area contributed by atoms with E-state index in [0.29, 0.717) is 34.5 Å². The molecule has 20 heavy (non-hydrogen) atoms. The molecule has 1 amide bonds. The molecular weight excluding hydrogens is 252 g/mol. The molecule has 0 fully saturated rings. The maximum Gasteiger partial charge on any atom is 0.251 e. The Kier molecular flexibility index (Phi) is 4.10. The highest BCUT2D eigenvalue weighted by atomic mass is 16.1. The van der Waals surface area contributed by atoms with Gasteiger partial charge < -0.3 is 11.5 Å². The zero-order chi connectivity index (χ0) is 14.5. The molecule has 0 atom stereocenters. The molecule has 101 valence electrons. The first-order valence-electron chi connectivity index (χ1n) is 6.08. The van der Waals surface area contributed by atoms with E-state index in [9.17, 15) is 4.79 Å². The van der Waals surface area contributed by atoms with E-state index < -0.39 is 5.91 Å². The summed E-state index contributed by atoms with van der Waals surface area (Å²) in [5, 5.41) is 0. The summed E-state index contributed by atoms with van der Waals surface area (Å²) >= 11 is 0. The number of hydrogen-bond donors (Lipinski definition) is 2. The number of amides is 1. The third-order valence-electron chi connectivity index (χ3n) is 2.85. The number of nitrogen functional groups attached to an aromatic ring is 1. The minimum atomic E-state index is -0.542. The second-order valence-electron chi connectivity index (χ2n) is 4.17. The van der Waals surface area contributed by atoms with Crippen LogP contribution in [0.4, 0.5) is 5.69 Å². The SMILES string of the molecule is C=CC[CH]c1nccc(-c2ccncc2N)c1C(N)=O. The van der Waals surface area contributed by atoms with Crippen LogP contribution in [0.15, 0.2) is 43.4 Å². The van der Waals surface area contributed by atoms with E-state index in [1.807, 2.05) is 0 Å². The lowest BCUT2D eigenvalue weighted by molar-refractivity contribution is 0.1000. The van der Waals surface area contributed by atoms with Gasteiger partial charge in [0.05, 0.1) is 23.1 Å². The molecule has 0 aliphatic carbocycles. The topological polar surface area (TPSA) is 94.9 Å². The third-order valence-corrected chi connectivity index (χ3v) is 2.85. The number of aromatic nitrogens is 2. The number of anilines is 1. The lowest BCUT2D eigenvalue weighted by Gasteiger charge is -2.12. The van der Waals surface area contributed by atoms with Gasteiger partial charge in [-0.1, -0.05) is 6.08 Å². The largest absolute Gasteiger partial charge is 0.397 e. The number of nitrogens with two attached hydrogens (primary N) is 2. The minimum absolute atomic E-state index is 0.354. The van der Waals surface area contributed by atoms with E-state index in [0.717, 1.165) is 0 Å². The quantitative estimate of drug-likeness (QED) is 0.809. The fourth-order valence-corrected chi connectivity index (χ4v) is 1.96. The second-order valence-corrected chi connectivity index (χ2v) is 4.17. The molecule has 0 aliphatic heterocycles. The van der Waals surface area contributed by atoms with Crippen molar-refractivity contribution in [1.82, 2.24) is 9.97 Å². The third kappa shape index (κ3) is 2.66. The molecule has 2 heterocycles. The normalized spacial score (nSPS) is 10.2. The van der Waals surface area contributed by atoms with Crippen LogP contribution in [0.3, 0.4) is 0 Å². The Morgan fingerprint density at radius 1 is 1.30 bits per heavy atom. The van der Waals surface area contributed by atoms with Gasteiger partial charge in [0.2, 0.25) is 0 Å². The molecule has 5 nitrogen and oxygen atoms in total. The molecule has 2 rings (SSSR count). The Morgan fingerprint density at radius 2 is 2.05 bits per heavy atom. The van der Waals surface area contributed by atoms with E-state index in [1.165, 1.54) is 6.20 Å². The molecule has 4 N–H and O–H groups in total. The smallest absolute Gasteiger partial charge is 0.251 e. The number of hydrogen-bond acceptors (Lipinski definition) is 4. The Bertz CT molecular complexity index is 652. The number of nitrogens with zero attached hydrogens (tertiary/aromatic N) is 2. The molecule has 0 aromatic carbocycles. The number of primary amides is 1. The summed E-state index contributed by atoms with van der Waals surface area (Å²) < 4.78 is 0. The van der Waals surface area contributed by atoms with Crippen LogP contribution in [-0.2, 0) is 0 Å². The van der Waals surface area contributed by atoms with Crippen molar-refractivity contribution in [3.63, 3.8) is 0 Å². The average Bonchev–Trinajstić information content (AvgIpc) is 2.45. The highest BCUT2D eigenvalue weighted by molar-refractivity contribution is 6.02. The predicted octanol–water partition coefficient (Wildman–Crippen LogP) is 1.95. The van der Waals surface area contributed by atoms with Gasteiger partial charge in [0.15, 0.2) is 0 Å². The summed E-state index contributed by atoms with van der Waals surface area (Å²) in [6, 6.07) is 3.46. The van der Waals surface area contributed by atoms with E-state index in [2.05, 4.69) is 16.5 Å². The van der Waals surface area contributed by atoms with Crippen molar-refractivity contribution < 1.29 is 4.79 Å². The van der Waals surface area contributed by atoms with Crippen LogP contribution in [0.5, 0.6) is 0 Å². The number of carbonyl (C=O) groups is 1. The van der Waals surface area contributed by atoms with Crippen LogP contribution in [-0.4, -0.2) is 15.9 Å². The van der Waals surface area contributed by atoms with Gasteiger partial charge in [-0.15, -0.1) is 6.58 Å². The van der Waals surface area contributed by atoms with E-state index in [4.69, 9.17) is 11.5 Å². The summed E-state index contributed by atoms with van der Waals surface area (Å²) in [6.07, 6.45) is 8.89. The standard InChI is InChI=1S/C15H15N4O/c1-2-3-4-13-14(15(17)20)11(6-8-19-13)10-5-7-18-9-12(10)16/h2,4-9H,1,3,16H2,(H2,17,20). The minimum Gasteiger partial charge on any atom is -0.397 e. The summed E-state index contributed by atoms with van der Waals surface area (Å²) in [7, 11) is 0. The van der Waals surface area contributed by atoms with Gasteiger partial charge in [0.1, 0.15) is 0 Å². The molecule has 0 spiro atoms. The van der Waals surface area contributed by atoms with Gasteiger partial charge >= 0.3 is 0 Å². The Labute approximate surface area is 117 Å². The lowest BCUT2D eigenvalue weighted by Crippen LogP contribution is -2.16. The van der Waals surface area contributed by atoms with Crippen LogP contribution >= 0.6 is 0 Å². The first-order chi connectivity index (χ1) is 9.65. The second kappa shape index (κ2) is 5.97. The zero-order valence-corrected chi connectivity index (χ0v) is 10.9. The monoisotopic (exact) mass is 267 g/mol. The molecule has 0 unspecified atom stereocenters. The maximum absolute atomic E-state index is 11.8. The van der Waals surface area contributed by atoms with E-state index >= 15 is 0 Å². The van der Waals surface area contributed by atoms with Crippen LogP contribution in [0.1, 0.15) is 22.5 Å². The van der Waals surface area contributed by atoms with Gasteiger partial charge in [-0.25, -0.2) is 0 Å². The molecule has 0 aliphatic rings. The first kappa shape index (κ1) is 13.7. The lowest BCUT2D eigenvalue weighted by atomic mass is 9.96. The van der Waals surface area contributed by atoms with Crippen molar-refractivity contribution in [1.29, 1.82) is 0 Å². The van der Waals surface area contributed by atoms with Crippen LogP contribution in [0, 0.1) is 6.42 Å². The van der Waals surface area contributed by atoms with Crippen LogP contribution in [0.2, 0.25) is 0 Å². The van der Waals surface area contributed by atoms with Gasteiger partial charge in [0.25, 0.3) is 5.91 Å². The number of pyridine rings is 2. The highest BCUT2D eigenvalue weighted by Crippen LogP contribution is 2.29. The molecule has 0 saturated heterocycles. The predicted molar refractivity (Wildman–Crippen MR) is 78.6 cm³/mol. The first-order valence-corrected chi connectivity index (χ1v) is 6.08. The Balaban J connectivity index is 2.61. The van der Waals surface area contributed by atoms with Crippen LogP contribution < -0.4 is 11.5 Å². The van der Waals surface area contributed by atoms with Crippen molar-refractivity contribution in [3.05, 3.63) is 61.1 Å². The summed E-state index contributed by atoms with van der Waals surface area (Å²) in [5.41, 5.74) is 14.1. The number of allylic oxidation sites excluding steroid dienone is 1. The molecule has 2 aromatic rings. The molecule has 0 saturated carbocycles. The molecule has 1 radical (unpaired) electrons. The van der Waals surface area contributed by atoms with E-state index in [-0.39, 0.29) is 0 Å². The van der Waals surface area contributed by atoms with Gasteiger partial charge in [-0.3, -0.25) is 14.8 Å². The molecule has 2 aromatic heterocycles. The van der Waals surface area contributed by atoms with Crippen molar-refractivity contribution in [3.8, 4) is 11.1 Å². The van der Waals surface area contributed by atoms with Gasteiger partial charge in [-0.05, 0) is 24.1 Å². The van der Waals surface area contributed by atoms with Crippen molar-refractivity contribution in [2.45, 2.75) is 6.42 Å². The fraction of sp³-hybridized carbons (Fsp3) is 0.0667. The number of carbonyl (C=O) groups excluding carboxylic acids is 1. The van der Waals surface area contributed by atoms with E-state index in [1.54, 1.807) is 37.0 Å². The summed E-state index contributed by atoms with van der Waals surface area (Å²) in [4.78, 5) is 19.9. The summed E-state index contributed by atoms with van der Waals surface area (Å²) in [5.74, 6) is -0.542. The number of rotatable bonds is 5. The molecular formula is C15H15N4O. The van der Waals surface area contributed by atoms with Gasteiger partial charge in [-0.2, -0.15) is 0 Å². The van der Waals surface area contributed by atoms with Crippen molar-refractivity contribution in [2.75, 3.05) is 5.73 Å². The van der Waals surface area contributed by atoms with Crippen LogP contribution in [0.25, 0.3) is 11.1 Å². The molecule has 0 bridgehead atoms. The summed E-state index contributed by atoms with van der Waals surface area (Å²) in [6.45, 7) is 3.64. The van der Waals surface area contributed by atoms with Crippen molar-refractivity contribution in [2.24, 2.45) is 5.73 Å². The molecule has 5 heteroatoms. The van der Waals surface area contributed by atoms with Gasteiger partial charge in [0, 0.05) is 24.4 Å².